The van der Waals surface area contributed by atoms with E-state index in [-0.39, 0.29) is 11.6 Å². The summed E-state index contributed by atoms with van der Waals surface area (Å²) >= 11 is 0. The number of amides is 2. The van der Waals surface area contributed by atoms with Crippen LogP contribution < -0.4 is 19.7 Å². The van der Waals surface area contributed by atoms with Crippen molar-refractivity contribution in [2.24, 2.45) is 5.92 Å². The van der Waals surface area contributed by atoms with Crippen LogP contribution in [0.1, 0.15) is 25.0 Å². The van der Waals surface area contributed by atoms with Crippen LogP contribution in [0.15, 0.2) is 78.5 Å². The lowest BCUT2D eigenvalue weighted by Gasteiger charge is -2.16. The lowest BCUT2D eigenvalue weighted by Crippen LogP contribution is -2.32. The van der Waals surface area contributed by atoms with Crippen molar-refractivity contribution in [2.75, 3.05) is 23.9 Å². The number of rotatable bonds is 8. The summed E-state index contributed by atoms with van der Waals surface area (Å²) in [6.07, 6.45) is 0. The van der Waals surface area contributed by atoms with Crippen molar-refractivity contribution < 1.29 is 19.1 Å². The third-order valence-electron chi connectivity index (χ3n) is 5.44. The minimum absolute atomic E-state index is 0.202. The van der Waals surface area contributed by atoms with Crippen molar-refractivity contribution in [1.82, 2.24) is 0 Å². The molecule has 3 aromatic carbocycles. The second-order valence-electron chi connectivity index (χ2n) is 8.59. The number of carbonyl (C=O) groups excluding carboxylic acids is 2. The molecule has 2 amide bonds. The van der Waals surface area contributed by atoms with Gasteiger partial charge in [-0.2, -0.15) is 0 Å². The van der Waals surface area contributed by atoms with Gasteiger partial charge in [0.15, 0.2) is 0 Å². The van der Waals surface area contributed by atoms with Gasteiger partial charge < -0.3 is 14.8 Å². The predicted octanol–water partition coefficient (Wildman–Crippen LogP) is 5.44. The molecule has 0 unspecified atom stereocenters. The van der Waals surface area contributed by atoms with Crippen LogP contribution in [0, 0.1) is 12.8 Å². The molecule has 3 aromatic rings. The van der Waals surface area contributed by atoms with Crippen LogP contribution >= 0.6 is 0 Å². The SMILES string of the molecule is COc1ccc(C)cc1NC1=C(c2ccc(OCC(C)C)cc2)C(=O)N(c2ccccc2)C1=O. The van der Waals surface area contributed by atoms with E-state index in [9.17, 15) is 9.59 Å². The van der Waals surface area contributed by atoms with Gasteiger partial charge in [-0.15, -0.1) is 0 Å². The Kier molecular flexibility index (Phi) is 6.68. The molecular formula is C28H28N2O4. The summed E-state index contributed by atoms with van der Waals surface area (Å²) < 4.78 is 11.3. The van der Waals surface area contributed by atoms with E-state index in [2.05, 4.69) is 19.2 Å². The van der Waals surface area contributed by atoms with Gasteiger partial charge in [0.1, 0.15) is 17.2 Å². The largest absolute Gasteiger partial charge is 0.495 e. The van der Waals surface area contributed by atoms with Gasteiger partial charge in [-0.05, 0) is 60.4 Å². The molecular weight excluding hydrogens is 428 g/mol. The van der Waals surface area contributed by atoms with Gasteiger partial charge in [-0.3, -0.25) is 9.59 Å². The average molecular weight is 457 g/mol. The third kappa shape index (κ3) is 4.66. The van der Waals surface area contributed by atoms with E-state index >= 15 is 0 Å². The number of nitrogens with one attached hydrogen (secondary N) is 1. The first-order chi connectivity index (χ1) is 16.4. The van der Waals surface area contributed by atoms with E-state index in [1.807, 2.05) is 43.3 Å². The number of aryl methyl sites for hydroxylation is 1. The molecule has 1 N–H and O–H groups in total. The summed E-state index contributed by atoms with van der Waals surface area (Å²) in [7, 11) is 1.57. The van der Waals surface area contributed by atoms with Gasteiger partial charge in [0, 0.05) is 0 Å². The second-order valence-corrected chi connectivity index (χ2v) is 8.59. The molecule has 6 nitrogen and oxygen atoms in total. The fraction of sp³-hybridized carbons (Fsp3) is 0.214. The zero-order valence-electron chi connectivity index (χ0n) is 19.8. The lowest BCUT2D eigenvalue weighted by atomic mass is 10.0. The Morgan fingerprint density at radius 2 is 1.62 bits per heavy atom. The molecule has 4 rings (SSSR count). The number of ether oxygens (including phenoxy) is 2. The van der Waals surface area contributed by atoms with Crippen LogP contribution in [-0.2, 0) is 9.59 Å². The van der Waals surface area contributed by atoms with Gasteiger partial charge in [-0.1, -0.05) is 50.2 Å². The summed E-state index contributed by atoms with van der Waals surface area (Å²) in [5.74, 6) is 0.880. The number of imide groups is 1. The average Bonchev–Trinajstić information content (AvgIpc) is 3.08. The van der Waals surface area contributed by atoms with Crippen LogP contribution in [0.3, 0.4) is 0 Å². The molecule has 0 fully saturated rings. The first kappa shape index (κ1) is 23.1. The summed E-state index contributed by atoms with van der Waals surface area (Å²) in [5, 5.41) is 3.20. The Bertz CT molecular complexity index is 1230. The van der Waals surface area contributed by atoms with Gasteiger partial charge in [0.25, 0.3) is 11.8 Å². The van der Waals surface area contributed by atoms with E-state index in [1.54, 1.807) is 43.5 Å². The Balaban J connectivity index is 1.77. The van der Waals surface area contributed by atoms with Gasteiger partial charge in [0.05, 0.1) is 30.7 Å². The highest BCUT2D eigenvalue weighted by molar-refractivity contribution is 6.46. The summed E-state index contributed by atoms with van der Waals surface area (Å²) in [4.78, 5) is 28.3. The van der Waals surface area contributed by atoms with E-state index in [1.165, 1.54) is 4.90 Å². The molecule has 0 atom stereocenters. The van der Waals surface area contributed by atoms with Crippen LogP contribution in [0.4, 0.5) is 11.4 Å². The van der Waals surface area contributed by atoms with E-state index in [0.29, 0.717) is 46.5 Å². The number of carbonyl (C=O) groups is 2. The molecule has 0 bridgehead atoms. The molecule has 0 saturated heterocycles. The van der Waals surface area contributed by atoms with Crippen LogP contribution in [0.5, 0.6) is 11.5 Å². The van der Waals surface area contributed by atoms with Crippen molar-refractivity contribution in [3.05, 3.63) is 89.6 Å². The van der Waals surface area contributed by atoms with Crippen molar-refractivity contribution >= 4 is 28.8 Å². The number of methoxy groups -OCH3 is 1. The highest BCUT2D eigenvalue weighted by Gasteiger charge is 2.40. The molecule has 174 valence electrons. The fourth-order valence-corrected chi connectivity index (χ4v) is 3.76. The maximum Gasteiger partial charge on any atom is 0.282 e. The smallest absolute Gasteiger partial charge is 0.282 e. The van der Waals surface area contributed by atoms with Gasteiger partial charge in [-0.25, -0.2) is 4.90 Å². The van der Waals surface area contributed by atoms with Crippen LogP contribution in [0.25, 0.3) is 5.57 Å². The molecule has 0 aliphatic carbocycles. The highest BCUT2D eigenvalue weighted by Crippen LogP contribution is 2.36. The minimum atomic E-state index is -0.421. The molecule has 0 spiro atoms. The fourth-order valence-electron chi connectivity index (χ4n) is 3.76. The first-order valence-electron chi connectivity index (χ1n) is 11.2. The standard InChI is InChI=1S/C28H28N2O4/c1-18(2)17-34-22-13-11-20(12-14-22)25-26(29-23-16-19(3)10-15-24(23)33-4)28(32)30(27(25)31)21-8-6-5-7-9-21/h5-16,18,29H,17H2,1-4H3. The number of benzene rings is 3. The number of hydrogen-bond donors (Lipinski definition) is 1. The maximum atomic E-state index is 13.6. The predicted molar refractivity (Wildman–Crippen MR) is 134 cm³/mol. The lowest BCUT2D eigenvalue weighted by molar-refractivity contribution is -0.120. The van der Waals surface area contributed by atoms with Crippen LogP contribution in [0.2, 0.25) is 0 Å². The zero-order valence-corrected chi connectivity index (χ0v) is 19.8. The topological polar surface area (TPSA) is 67.9 Å². The first-order valence-corrected chi connectivity index (χ1v) is 11.2. The zero-order chi connectivity index (χ0) is 24.2. The van der Waals surface area contributed by atoms with Crippen LogP contribution in [-0.4, -0.2) is 25.5 Å². The Morgan fingerprint density at radius 1 is 0.912 bits per heavy atom. The van der Waals surface area contributed by atoms with Gasteiger partial charge >= 0.3 is 0 Å². The number of anilines is 2. The Labute approximate surface area is 199 Å². The monoisotopic (exact) mass is 456 g/mol. The number of nitrogens with zero attached hydrogens (tertiary/aromatic N) is 1. The van der Waals surface area contributed by atoms with Gasteiger partial charge in [0.2, 0.25) is 0 Å². The maximum absolute atomic E-state index is 13.6. The molecule has 1 aliphatic rings. The summed E-state index contributed by atoms with van der Waals surface area (Å²) in [5.41, 5.74) is 3.25. The van der Waals surface area contributed by atoms with E-state index in [0.717, 1.165) is 5.56 Å². The van der Waals surface area contributed by atoms with E-state index < -0.39 is 5.91 Å². The Hall–Kier alpha value is -4.06. The second kappa shape index (κ2) is 9.83. The van der Waals surface area contributed by atoms with E-state index in [4.69, 9.17) is 9.47 Å². The van der Waals surface area contributed by atoms with Crippen molar-refractivity contribution in [3.8, 4) is 11.5 Å². The van der Waals surface area contributed by atoms with Crippen molar-refractivity contribution in [3.63, 3.8) is 0 Å². The number of para-hydroxylation sites is 1. The molecule has 0 aromatic heterocycles. The quantitative estimate of drug-likeness (QED) is 0.458. The van der Waals surface area contributed by atoms with Crippen molar-refractivity contribution in [2.45, 2.75) is 20.8 Å². The molecule has 34 heavy (non-hydrogen) atoms. The summed E-state index contributed by atoms with van der Waals surface area (Å²) in [6.45, 7) is 6.71. The molecule has 6 heteroatoms. The molecule has 0 radical (unpaired) electrons. The normalized spacial score (nSPS) is 13.6. The Morgan fingerprint density at radius 3 is 2.26 bits per heavy atom. The molecule has 0 saturated carbocycles. The molecule has 1 heterocycles. The minimum Gasteiger partial charge on any atom is -0.495 e. The van der Waals surface area contributed by atoms with Crippen molar-refractivity contribution in [1.29, 1.82) is 0 Å². The molecule has 1 aliphatic heterocycles. The number of hydrogen-bond acceptors (Lipinski definition) is 5. The summed E-state index contributed by atoms with van der Waals surface area (Å²) in [6, 6.07) is 21.8. The third-order valence-corrected chi connectivity index (χ3v) is 5.44. The highest BCUT2D eigenvalue weighted by atomic mass is 16.5.